The van der Waals surface area contributed by atoms with Crippen LogP contribution in [0.3, 0.4) is 0 Å². The van der Waals surface area contributed by atoms with Gasteiger partial charge in [-0.1, -0.05) is 0 Å². The van der Waals surface area contributed by atoms with Gasteiger partial charge in [0.05, 0.1) is 32.3 Å². The minimum Gasteiger partial charge on any atom is -0.493 e. The van der Waals surface area contributed by atoms with Crippen LogP contribution in [0.1, 0.15) is 16.8 Å². The van der Waals surface area contributed by atoms with Crippen molar-refractivity contribution < 1.29 is 28.2 Å². The van der Waals surface area contributed by atoms with Gasteiger partial charge in [0.2, 0.25) is 0 Å². The second-order valence-corrected chi connectivity index (χ2v) is 5.58. The zero-order valence-corrected chi connectivity index (χ0v) is 15.5. The molecule has 0 radical (unpaired) electrons. The lowest BCUT2D eigenvalue weighted by Gasteiger charge is -2.21. The Morgan fingerprint density at radius 1 is 1.07 bits per heavy atom. The SMILES string of the molecule is COc1ccc(C(=O)OCC(=O)N(CCC#N)c2ccc(F)cc2)cc1OC. The Bertz CT molecular complexity index is 877. The molecule has 0 saturated carbocycles. The number of halogens is 1. The number of benzene rings is 2. The number of anilines is 1. The molecule has 2 aromatic carbocycles. The van der Waals surface area contributed by atoms with Crippen molar-refractivity contribution in [3.8, 4) is 17.6 Å². The Morgan fingerprint density at radius 3 is 2.36 bits per heavy atom. The van der Waals surface area contributed by atoms with Gasteiger partial charge in [-0.05, 0) is 42.5 Å². The lowest BCUT2D eigenvalue weighted by molar-refractivity contribution is -0.121. The molecule has 0 fully saturated rings. The summed E-state index contributed by atoms with van der Waals surface area (Å²) in [5.74, 6) is -0.889. The summed E-state index contributed by atoms with van der Waals surface area (Å²) in [4.78, 5) is 26.0. The second kappa shape index (κ2) is 9.92. The number of carbonyl (C=O) groups excluding carboxylic acids is 2. The molecule has 7 nitrogen and oxygen atoms in total. The maximum atomic E-state index is 13.1. The first kappa shape index (κ1) is 20.7. The van der Waals surface area contributed by atoms with Gasteiger partial charge in [-0.25, -0.2) is 9.18 Å². The average molecular weight is 386 g/mol. The van der Waals surface area contributed by atoms with Gasteiger partial charge in [-0.3, -0.25) is 4.79 Å². The molecule has 0 atom stereocenters. The van der Waals surface area contributed by atoms with Gasteiger partial charge in [0.25, 0.3) is 5.91 Å². The molecule has 1 amide bonds. The van der Waals surface area contributed by atoms with Crippen LogP contribution in [0.15, 0.2) is 42.5 Å². The van der Waals surface area contributed by atoms with E-state index in [0.29, 0.717) is 17.2 Å². The minimum absolute atomic E-state index is 0.0761. The first-order valence-corrected chi connectivity index (χ1v) is 8.32. The van der Waals surface area contributed by atoms with Crippen molar-refractivity contribution in [1.29, 1.82) is 5.26 Å². The van der Waals surface area contributed by atoms with Gasteiger partial charge in [-0.2, -0.15) is 5.26 Å². The zero-order chi connectivity index (χ0) is 20.5. The van der Waals surface area contributed by atoms with Gasteiger partial charge in [-0.15, -0.1) is 0 Å². The van der Waals surface area contributed by atoms with Gasteiger partial charge in [0.15, 0.2) is 18.1 Å². The number of hydrogen-bond acceptors (Lipinski definition) is 6. The number of rotatable bonds is 8. The highest BCUT2D eigenvalue weighted by Gasteiger charge is 2.19. The molecule has 28 heavy (non-hydrogen) atoms. The van der Waals surface area contributed by atoms with Crippen LogP contribution in [0.4, 0.5) is 10.1 Å². The summed E-state index contributed by atoms with van der Waals surface area (Å²) in [5, 5.41) is 8.79. The number of hydrogen-bond donors (Lipinski definition) is 0. The van der Waals surface area contributed by atoms with Gasteiger partial charge in [0, 0.05) is 12.2 Å². The normalized spacial score (nSPS) is 9.93. The number of carbonyl (C=O) groups is 2. The molecule has 0 N–H and O–H groups in total. The standard InChI is InChI=1S/C20H19FN2O5/c1-26-17-9-4-14(12-18(17)27-2)20(25)28-13-19(24)23(11-3-10-22)16-7-5-15(21)6-8-16/h4-9,12H,3,11,13H2,1-2H3. The van der Waals surface area contributed by atoms with Crippen molar-refractivity contribution in [2.45, 2.75) is 6.42 Å². The van der Waals surface area contributed by atoms with Crippen LogP contribution in [-0.2, 0) is 9.53 Å². The summed E-state index contributed by atoms with van der Waals surface area (Å²) < 4.78 is 28.4. The van der Waals surface area contributed by atoms with Crippen molar-refractivity contribution in [2.75, 3.05) is 32.3 Å². The fourth-order valence-corrected chi connectivity index (χ4v) is 2.43. The molecule has 2 aromatic rings. The largest absolute Gasteiger partial charge is 0.493 e. The molecule has 0 saturated heterocycles. The third kappa shape index (κ3) is 5.20. The lowest BCUT2D eigenvalue weighted by atomic mass is 10.2. The highest BCUT2D eigenvalue weighted by molar-refractivity contribution is 5.97. The molecule has 0 aromatic heterocycles. The van der Waals surface area contributed by atoms with Crippen molar-refractivity contribution in [3.05, 3.63) is 53.8 Å². The fraction of sp³-hybridized carbons (Fsp3) is 0.250. The summed E-state index contributed by atoms with van der Waals surface area (Å²) in [7, 11) is 2.91. The third-order valence-corrected chi connectivity index (χ3v) is 3.83. The summed E-state index contributed by atoms with van der Waals surface area (Å²) >= 11 is 0. The molecule has 146 valence electrons. The number of amides is 1. The highest BCUT2D eigenvalue weighted by atomic mass is 19.1. The monoisotopic (exact) mass is 386 g/mol. The number of nitrogens with zero attached hydrogens (tertiary/aromatic N) is 2. The van der Waals surface area contributed by atoms with Gasteiger partial charge < -0.3 is 19.1 Å². The highest BCUT2D eigenvalue weighted by Crippen LogP contribution is 2.27. The molecular formula is C20H19FN2O5. The lowest BCUT2D eigenvalue weighted by Crippen LogP contribution is -2.35. The molecule has 2 rings (SSSR count). The predicted octanol–water partition coefficient (Wildman–Crippen LogP) is 2.95. The van der Waals surface area contributed by atoms with Crippen LogP contribution in [0.5, 0.6) is 11.5 Å². The second-order valence-electron chi connectivity index (χ2n) is 5.58. The molecule has 0 unspecified atom stereocenters. The summed E-state index contributed by atoms with van der Waals surface area (Å²) in [5.41, 5.74) is 0.597. The summed E-state index contributed by atoms with van der Waals surface area (Å²) in [6.07, 6.45) is 0.0761. The van der Waals surface area contributed by atoms with Gasteiger partial charge in [0.1, 0.15) is 5.82 Å². The van der Waals surface area contributed by atoms with Crippen LogP contribution < -0.4 is 14.4 Å². The van der Waals surface area contributed by atoms with E-state index >= 15 is 0 Å². The van der Waals surface area contributed by atoms with Crippen LogP contribution in [0.25, 0.3) is 0 Å². The number of nitriles is 1. The first-order chi connectivity index (χ1) is 13.5. The predicted molar refractivity (Wildman–Crippen MR) is 98.8 cm³/mol. The maximum Gasteiger partial charge on any atom is 0.338 e. The van der Waals surface area contributed by atoms with E-state index in [1.807, 2.05) is 6.07 Å². The first-order valence-electron chi connectivity index (χ1n) is 8.32. The minimum atomic E-state index is -0.714. The topological polar surface area (TPSA) is 88.9 Å². The molecule has 0 aliphatic carbocycles. The molecule has 0 spiro atoms. The number of esters is 1. The average Bonchev–Trinajstić information content (AvgIpc) is 2.72. The van der Waals surface area contributed by atoms with E-state index in [1.165, 1.54) is 55.5 Å². The Hall–Kier alpha value is -3.60. The zero-order valence-electron chi connectivity index (χ0n) is 15.5. The molecule has 0 aliphatic heterocycles. The van der Waals surface area contributed by atoms with Crippen LogP contribution in [0.2, 0.25) is 0 Å². The number of ether oxygens (including phenoxy) is 3. The van der Waals surface area contributed by atoms with Crippen LogP contribution >= 0.6 is 0 Å². The summed E-state index contributed by atoms with van der Waals surface area (Å²) in [6, 6.07) is 11.7. The van der Waals surface area contributed by atoms with Gasteiger partial charge >= 0.3 is 5.97 Å². The molecule has 0 bridgehead atoms. The molecule has 0 heterocycles. The smallest absolute Gasteiger partial charge is 0.338 e. The number of methoxy groups -OCH3 is 2. The molecular weight excluding hydrogens is 367 g/mol. The fourth-order valence-electron chi connectivity index (χ4n) is 2.43. The van der Waals surface area contributed by atoms with Crippen molar-refractivity contribution >= 4 is 17.6 Å². The Labute approximate surface area is 161 Å². The van der Waals surface area contributed by atoms with E-state index in [4.69, 9.17) is 19.5 Å². The van der Waals surface area contributed by atoms with E-state index in [2.05, 4.69) is 0 Å². The quantitative estimate of drug-likeness (QED) is 0.648. The van der Waals surface area contributed by atoms with Crippen molar-refractivity contribution in [3.63, 3.8) is 0 Å². The Kier molecular flexibility index (Phi) is 7.34. The van der Waals surface area contributed by atoms with Crippen LogP contribution in [0, 0.1) is 17.1 Å². The Morgan fingerprint density at radius 2 is 1.75 bits per heavy atom. The molecule has 0 aliphatic rings. The maximum absolute atomic E-state index is 13.1. The van der Waals surface area contributed by atoms with E-state index < -0.39 is 24.3 Å². The van der Waals surface area contributed by atoms with E-state index in [0.717, 1.165) is 0 Å². The van der Waals surface area contributed by atoms with E-state index in [1.54, 1.807) is 6.07 Å². The van der Waals surface area contributed by atoms with Crippen molar-refractivity contribution in [1.82, 2.24) is 0 Å². The third-order valence-electron chi connectivity index (χ3n) is 3.83. The molecule has 8 heteroatoms. The Balaban J connectivity index is 2.08. The van der Waals surface area contributed by atoms with E-state index in [-0.39, 0.29) is 18.5 Å². The van der Waals surface area contributed by atoms with Crippen LogP contribution in [-0.4, -0.2) is 39.2 Å². The van der Waals surface area contributed by atoms with E-state index in [9.17, 15) is 14.0 Å². The summed E-state index contributed by atoms with van der Waals surface area (Å²) in [6.45, 7) is -0.440. The van der Waals surface area contributed by atoms with Crippen molar-refractivity contribution in [2.24, 2.45) is 0 Å².